The fraction of sp³-hybridized carbons (Fsp3) is 0.833. The van der Waals surface area contributed by atoms with E-state index in [2.05, 4.69) is 12.2 Å². The second kappa shape index (κ2) is 2.31. The minimum Gasteiger partial charge on any atom is -0.310 e. The lowest BCUT2D eigenvalue weighted by molar-refractivity contribution is 0.748. The Morgan fingerprint density at radius 1 is 1.57 bits per heavy atom. The van der Waals surface area contributed by atoms with Crippen LogP contribution in [0.5, 0.6) is 0 Å². The van der Waals surface area contributed by atoms with Gasteiger partial charge in [-0.3, -0.25) is 0 Å². The molecule has 1 heteroatoms. The third-order valence-corrected chi connectivity index (χ3v) is 1.12. The van der Waals surface area contributed by atoms with Crippen LogP contribution >= 0.6 is 0 Å². The molecular weight excluding hydrogens is 86.1 g/mol. The van der Waals surface area contributed by atoms with E-state index in [0.29, 0.717) is 0 Å². The maximum absolute atomic E-state index is 3.32. The summed E-state index contributed by atoms with van der Waals surface area (Å²) in [6, 6.07) is 1.56. The van der Waals surface area contributed by atoms with Gasteiger partial charge in [-0.15, -0.1) is 0 Å². The highest BCUT2D eigenvalue weighted by molar-refractivity contribution is 5.01. The van der Waals surface area contributed by atoms with E-state index in [1.54, 1.807) is 6.04 Å². The molecule has 1 saturated carbocycles. The predicted molar refractivity (Wildman–Crippen MR) is 30.8 cm³/mol. The second-order valence-electron chi connectivity index (χ2n) is 2.03. The summed E-state index contributed by atoms with van der Waals surface area (Å²) in [6.07, 6.45) is 3.92. The third kappa shape index (κ3) is 1.93. The normalized spacial score (nSPS) is 20.1. The van der Waals surface area contributed by atoms with E-state index >= 15 is 0 Å². The van der Waals surface area contributed by atoms with E-state index < -0.39 is 0 Å². The largest absolute Gasteiger partial charge is 0.310 e. The van der Waals surface area contributed by atoms with Crippen molar-refractivity contribution >= 4 is 0 Å². The summed E-state index contributed by atoms with van der Waals surface area (Å²) < 4.78 is 0. The minimum atomic E-state index is 1.18. The molecule has 0 atom stereocenters. The van der Waals surface area contributed by atoms with Crippen molar-refractivity contribution in [1.82, 2.24) is 5.32 Å². The SMILES string of the molecule is CCCN[C]1CC1. The number of rotatable bonds is 3. The molecule has 0 unspecified atom stereocenters. The van der Waals surface area contributed by atoms with E-state index in [1.807, 2.05) is 0 Å². The van der Waals surface area contributed by atoms with Gasteiger partial charge in [-0.05, 0) is 25.8 Å². The van der Waals surface area contributed by atoms with Crippen molar-refractivity contribution in [2.45, 2.75) is 26.2 Å². The summed E-state index contributed by atoms with van der Waals surface area (Å²) in [7, 11) is 0. The van der Waals surface area contributed by atoms with Crippen LogP contribution in [0.1, 0.15) is 26.2 Å². The van der Waals surface area contributed by atoms with Gasteiger partial charge in [0.1, 0.15) is 0 Å². The molecule has 0 bridgehead atoms. The van der Waals surface area contributed by atoms with E-state index in [0.717, 1.165) is 0 Å². The Kier molecular flexibility index (Phi) is 1.69. The molecule has 0 aliphatic heterocycles. The van der Waals surface area contributed by atoms with Crippen LogP contribution in [0.4, 0.5) is 0 Å². The molecule has 0 spiro atoms. The maximum atomic E-state index is 3.32. The third-order valence-electron chi connectivity index (χ3n) is 1.12. The highest BCUT2D eigenvalue weighted by Gasteiger charge is 2.20. The summed E-state index contributed by atoms with van der Waals surface area (Å²) in [5.41, 5.74) is 0. The first-order valence-corrected chi connectivity index (χ1v) is 3.02. The van der Waals surface area contributed by atoms with Gasteiger partial charge in [-0.1, -0.05) is 6.92 Å². The summed E-state index contributed by atoms with van der Waals surface area (Å²) in [5, 5.41) is 3.32. The molecule has 1 fully saturated rings. The Morgan fingerprint density at radius 3 is 2.71 bits per heavy atom. The van der Waals surface area contributed by atoms with Crippen LogP contribution in [0.25, 0.3) is 0 Å². The summed E-state index contributed by atoms with van der Waals surface area (Å²) in [5.74, 6) is 0. The Bertz CT molecular complexity index is 48.1. The lowest BCUT2D eigenvalue weighted by Gasteiger charge is -1.93. The van der Waals surface area contributed by atoms with Crippen molar-refractivity contribution < 1.29 is 0 Å². The van der Waals surface area contributed by atoms with Gasteiger partial charge >= 0.3 is 0 Å². The average Bonchev–Trinajstić information content (AvgIpc) is 2.42. The summed E-state index contributed by atoms with van der Waals surface area (Å²) in [4.78, 5) is 0. The number of hydrogen-bond donors (Lipinski definition) is 1. The molecule has 0 aromatic rings. The molecule has 0 heterocycles. The molecule has 1 nitrogen and oxygen atoms in total. The van der Waals surface area contributed by atoms with Gasteiger partial charge in [-0.2, -0.15) is 0 Å². The van der Waals surface area contributed by atoms with Crippen LogP contribution in [0.3, 0.4) is 0 Å². The Morgan fingerprint density at radius 2 is 2.29 bits per heavy atom. The molecule has 0 aromatic carbocycles. The molecule has 1 rings (SSSR count). The molecule has 1 aliphatic rings. The van der Waals surface area contributed by atoms with Crippen LogP contribution in [-0.4, -0.2) is 6.54 Å². The van der Waals surface area contributed by atoms with Gasteiger partial charge in [0.15, 0.2) is 0 Å². The maximum Gasteiger partial charge on any atom is 0.0365 e. The minimum absolute atomic E-state index is 1.18. The van der Waals surface area contributed by atoms with Crippen molar-refractivity contribution in [2.24, 2.45) is 0 Å². The first-order chi connectivity index (χ1) is 3.43. The fourth-order valence-corrected chi connectivity index (χ4v) is 0.541. The van der Waals surface area contributed by atoms with Crippen LogP contribution in [-0.2, 0) is 0 Å². The summed E-state index contributed by atoms with van der Waals surface area (Å²) >= 11 is 0. The lowest BCUT2D eigenvalue weighted by Crippen LogP contribution is -2.10. The number of nitrogens with one attached hydrogen (secondary N) is 1. The average molecular weight is 98.2 g/mol. The smallest absolute Gasteiger partial charge is 0.0365 e. The van der Waals surface area contributed by atoms with Crippen molar-refractivity contribution in [2.75, 3.05) is 6.54 Å². The van der Waals surface area contributed by atoms with Gasteiger partial charge < -0.3 is 5.32 Å². The highest BCUT2D eigenvalue weighted by atomic mass is 14.9. The van der Waals surface area contributed by atoms with E-state index in [1.165, 1.54) is 25.8 Å². The zero-order valence-corrected chi connectivity index (χ0v) is 4.83. The van der Waals surface area contributed by atoms with Gasteiger partial charge in [0.05, 0.1) is 0 Å². The fourth-order valence-electron chi connectivity index (χ4n) is 0.541. The van der Waals surface area contributed by atoms with Gasteiger partial charge in [0, 0.05) is 6.04 Å². The van der Waals surface area contributed by atoms with Crippen molar-refractivity contribution in [3.05, 3.63) is 6.04 Å². The van der Waals surface area contributed by atoms with Crippen molar-refractivity contribution in [1.29, 1.82) is 0 Å². The molecule has 1 aliphatic carbocycles. The zero-order chi connectivity index (χ0) is 5.11. The quantitative estimate of drug-likeness (QED) is 0.561. The molecule has 41 valence electrons. The highest BCUT2D eigenvalue weighted by Crippen LogP contribution is 2.27. The predicted octanol–water partition coefficient (Wildman–Crippen LogP) is 1.31. The van der Waals surface area contributed by atoms with Crippen LogP contribution in [0.15, 0.2) is 0 Å². The first-order valence-electron chi connectivity index (χ1n) is 3.02. The Labute approximate surface area is 45.1 Å². The summed E-state index contributed by atoms with van der Waals surface area (Å²) in [6.45, 7) is 3.37. The zero-order valence-electron chi connectivity index (χ0n) is 4.83. The second-order valence-corrected chi connectivity index (χ2v) is 2.03. The molecule has 1 N–H and O–H groups in total. The molecular formula is C6H12N. The molecule has 0 amide bonds. The number of hydrogen-bond acceptors (Lipinski definition) is 1. The van der Waals surface area contributed by atoms with Crippen LogP contribution < -0.4 is 5.32 Å². The van der Waals surface area contributed by atoms with E-state index in [4.69, 9.17) is 0 Å². The molecule has 0 aromatic heterocycles. The van der Waals surface area contributed by atoms with Crippen LogP contribution in [0, 0.1) is 6.04 Å². The molecule has 7 heavy (non-hydrogen) atoms. The lowest BCUT2D eigenvalue weighted by atomic mass is 10.5. The molecule has 1 radical (unpaired) electrons. The van der Waals surface area contributed by atoms with Crippen molar-refractivity contribution in [3.63, 3.8) is 0 Å². The van der Waals surface area contributed by atoms with Crippen LogP contribution in [0.2, 0.25) is 0 Å². The van der Waals surface area contributed by atoms with E-state index in [-0.39, 0.29) is 0 Å². The van der Waals surface area contributed by atoms with Crippen molar-refractivity contribution in [3.8, 4) is 0 Å². The van der Waals surface area contributed by atoms with E-state index in [9.17, 15) is 0 Å². The Balaban J connectivity index is 1.80. The standard InChI is InChI=1S/C6H12N/c1-2-5-7-6-3-4-6/h7H,2-5H2,1H3. The van der Waals surface area contributed by atoms with Gasteiger partial charge in [0.25, 0.3) is 0 Å². The topological polar surface area (TPSA) is 12.0 Å². The van der Waals surface area contributed by atoms with Gasteiger partial charge in [-0.25, -0.2) is 0 Å². The first kappa shape index (κ1) is 5.10. The monoisotopic (exact) mass is 98.1 g/mol. The molecule has 0 saturated heterocycles. The van der Waals surface area contributed by atoms with Gasteiger partial charge in [0.2, 0.25) is 0 Å². The Hall–Kier alpha value is -0.0400.